The van der Waals surface area contributed by atoms with Crippen LogP contribution < -0.4 is 10.2 Å². The van der Waals surface area contributed by atoms with Gasteiger partial charge in [-0.15, -0.1) is 0 Å². The third-order valence-corrected chi connectivity index (χ3v) is 3.33. The molecule has 0 saturated heterocycles. The summed E-state index contributed by atoms with van der Waals surface area (Å²) in [5.41, 5.74) is 2.36. The van der Waals surface area contributed by atoms with Crippen LogP contribution in [0.3, 0.4) is 0 Å². The quantitative estimate of drug-likeness (QED) is 0.864. The Kier molecular flexibility index (Phi) is 4.58. The monoisotopic (exact) mass is 274 g/mol. The molecule has 1 N–H and O–H groups in total. The van der Waals surface area contributed by atoms with Crippen molar-refractivity contribution in [3.8, 4) is 0 Å². The van der Waals surface area contributed by atoms with Crippen molar-refractivity contribution in [2.75, 3.05) is 11.4 Å². The van der Waals surface area contributed by atoms with Gasteiger partial charge in [0.25, 0.3) is 0 Å². The van der Waals surface area contributed by atoms with Gasteiger partial charge < -0.3 is 14.6 Å². The molecule has 0 amide bonds. The minimum absolute atomic E-state index is 0.605. The summed E-state index contributed by atoms with van der Waals surface area (Å²) in [7, 11) is 0. The number of aryl methyl sites for hydroxylation is 1. The lowest BCUT2D eigenvalue weighted by atomic mass is 10.2. The van der Waals surface area contributed by atoms with Crippen molar-refractivity contribution in [3.63, 3.8) is 0 Å². The second-order valence-corrected chi connectivity index (χ2v) is 4.66. The fourth-order valence-electron chi connectivity index (χ4n) is 1.96. The van der Waals surface area contributed by atoms with Crippen molar-refractivity contribution in [1.82, 2.24) is 5.32 Å². The lowest BCUT2D eigenvalue weighted by molar-refractivity contribution is 0.503. The molecular weight excluding hydrogens is 256 g/mol. The molecule has 0 aliphatic heterocycles. The van der Waals surface area contributed by atoms with Crippen molar-refractivity contribution >= 4 is 23.0 Å². The molecular formula is C15H18N2OS. The first-order valence-corrected chi connectivity index (χ1v) is 6.76. The van der Waals surface area contributed by atoms with Crippen molar-refractivity contribution < 1.29 is 4.42 Å². The van der Waals surface area contributed by atoms with Crippen LogP contribution in [0, 0.1) is 6.92 Å². The third kappa shape index (κ3) is 3.35. The standard InChI is InChI=1S/C15H18N2OS/c1-3-17(14-9-5-4-7-12(14)2)15(19)16-11-13-8-6-10-18-13/h4-10H,3,11H2,1-2H3,(H,16,19). The highest BCUT2D eigenvalue weighted by Crippen LogP contribution is 2.19. The minimum Gasteiger partial charge on any atom is -0.467 e. The molecule has 2 aromatic rings. The SMILES string of the molecule is CCN(C(=S)NCc1ccco1)c1ccccc1C. The van der Waals surface area contributed by atoms with E-state index in [4.69, 9.17) is 16.6 Å². The average molecular weight is 274 g/mol. The van der Waals surface area contributed by atoms with Gasteiger partial charge in [0.05, 0.1) is 12.8 Å². The van der Waals surface area contributed by atoms with E-state index in [1.807, 2.05) is 24.3 Å². The highest BCUT2D eigenvalue weighted by molar-refractivity contribution is 7.80. The molecule has 0 bridgehead atoms. The van der Waals surface area contributed by atoms with Crippen molar-refractivity contribution in [2.45, 2.75) is 20.4 Å². The van der Waals surface area contributed by atoms with Gasteiger partial charge in [-0.3, -0.25) is 0 Å². The van der Waals surface area contributed by atoms with Crippen molar-refractivity contribution in [3.05, 3.63) is 54.0 Å². The van der Waals surface area contributed by atoms with E-state index in [2.05, 4.69) is 36.2 Å². The Labute approximate surface area is 119 Å². The van der Waals surface area contributed by atoms with Crippen LogP contribution in [-0.2, 0) is 6.54 Å². The van der Waals surface area contributed by atoms with Crippen LogP contribution in [0.25, 0.3) is 0 Å². The molecule has 0 aliphatic rings. The van der Waals surface area contributed by atoms with Crippen LogP contribution in [0.5, 0.6) is 0 Å². The lowest BCUT2D eigenvalue weighted by Crippen LogP contribution is -2.39. The number of rotatable bonds is 4. The topological polar surface area (TPSA) is 28.4 Å². The Morgan fingerprint density at radius 2 is 2.05 bits per heavy atom. The summed E-state index contributed by atoms with van der Waals surface area (Å²) < 4.78 is 5.29. The van der Waals surface area contributed by atoms with Crippen LogP contribution in [0.1, 0.15) is 18.2 Å². The van der Waals surface area contributed by atoms with Gasteiger partial charge in [-0.05, 0) is 49.8 Å². The third-order valence-electron chi connectivity index (χ3n) is 2.96. The molecule has 1 aromatic heterocycles. The van der Waals surface area contributed by atoms with Gasteiger partial charge in [0.2, 0.25) is 0 Å². The second-order valence-electron chi connectivity index (χ2n) is 4.27. The highest BCUT2D eigenvalue weighted by Gasteiger charge is 2.11. The maximum atomic E-state index is 5.46. The molecule has 2 rings (SSSR count). The normalized spacial score (nSPS) is 10.2. The summed E-state index contributed by atoms with van der Waals surface area (Å²) in [6, 6.07) is 12.0. The molecule has 19 heavy (non-hydrogen) atoms. The summed E-state index contributed by atoms with van der Waals surface area (Å²) in [5.74, 6) is 0.878. The lowest BCUT2D eigenvalue weighted by Gasteiger charge is -2.25. The van der Waals surface area contributed by atoms with Gasteiger partial charge in [-0.1, -0.05) is 18.2 Å². The van der Waals surface area contributed by atoms with Crippen LogP contribution in [0.15, 0.2) is 47.1 Å². The average Bonchev–Trinajstić information content (AvgIpc) is 2.92. The highest BCUT2D eigenvalue weighted by atomic mass is 32.1. The number of hydrogen-bond donors (Lipinski definition) is 1. The molecule has 0 unspecified atom stereocenters. The van der Waals surface area contributed by atoms with Gasteiger partial charge in [0, 0.05) is 12.2 Å². The summed E-state index contributed by atoms with van der Waals surface area (Å²) in [5, 5.41) is 3.94. The summed E-state index contributed by atoms with van der Waals surface area (Å²) >= 11 is 5.46. The van der Waals surface area contributed by atoms with Gasteiger partial charge in [0.15, 0.2) is 5.11 Å². The first-order chi connectivity index (χ1) is 9.22. The number of furan rings is 1. The molecule has 0 aliphatic carbocycles. The van der Waals surface area contributed by atoms with Gasteiger partial charge in [-0.2, -0.15) is 0 Å². The largest absolute Gasteiger partial charge is 0.467 e. The van der Waals surface area contributed by atoms with Crippen LogP contribution >= 0.6 is 12.2 Å². The Morgan fingerprint density at radius 3 is 2.68 bits per heavy atom. The van der Waals surface area contributed by atoms with E-state index in [9.17, 15) is 0 Å². The van der Waals surface area contributed by atoms with E-state index in [0.717, 1.165) is 18.0 Å². The smallest absolute Gasteiger partial charge is 0.173 e. The van der Waals surface area contributed by atoms with E-state index in [-0.39, 0.29) is 0 Å². The number of nitrogens with one attached hydrogen (secondary N) is 1. The first kappa shape index (κ1) is 13.6. The Hall–Kier alpha value is -1.81. The number of anilines is 1. The van der Waals surface area contributed by atoms with Crippen LogP contribution in [0.2, 0.25) is 0 Å². The second kappa shape index (κ2) is 6.38. The Morgan fingerprint density at radius 1 is 1.26 bits per heavy atom. The molecule has 4 heteroatoms. The minimum atomic E-state index is 0.605. The zero-order valence-corrected chi connectivity index (χ0v) is 12.0. The number of nitrogens with zero attached hydrogens (tertiary/aromatic N) is 1. The molecule has 0 spiro atoms. The predicted molar refractivity (Wildman–Crippen MR) is 82.3 cm³/mol. The van der Waals surface area contributed by atoms with E-state index in [0.29, 0.717) is 11.7 Å². The number of thiocarbonyl (C=S) groups is 1. The Bertz CT molecular complexity index is 537. The van der Waals surface area contributed by atoms with E-state index in [1.165, 1.54) is 5.56 Å². The molecule has 1 aromatic carbocycles. The fourth-order valence-corrected chi connectivity index (χ4v) is 2.26. The number of hydrogen-bond acceptors (Lipinski definition) is 2. The zero-order valence-electron chi connectivity index (χ0n) is 11.2. The number of benzene rings is 1. The summed E-state index contributed by atoms with van der Waals surface area (Å²) in [4.78, 5) is 2.09. The molecule has 0 saturated carbocycles. The van der Waals surface area contributed by atoms with Crippen molar-refractivity contribution in [2.24, 2.45) is 0 Å². The maximum absolute atomic E-state index is 5.46. The molecule has 1 heterocycles. The van der Waals surface area contributed by atoms with E-state index < -0.39 is 0 Å². The van der Waals surface area contributed by atoms with E-state index >= 15 is 0 Å². The summed E-state index contributed by atoms with van der Waals surface area (Å²) in [6.45, 7) is 5.61. The molecule has 0 radical (unpaired) electrons. The van der Waals surface area contributed by atoms with Gasteiger partial charge in [0.1, 0.15) is 5.76 Å². The van der Waals surface area contributed by atoms with E-state index in [1.54, 1.807) is 6.26 Å². The Balaban J connectivity index is 2.05. The first-order valence-electron chi connectivity index (χ1n) is 6.35. The zero-order chi connectivity index (χ0) is 13.7. The van der Waals surface area contributed by atoms with Gasteiger partial charge in [-0.25, -0.2) is 0 Å². The van der Waals surface area contributed by atoms with Crippen molar-refractivity contribution in [1.29, 1.82) is 0 Å². The predicted octanol–water partition coefficient (Wildman–Crippen LogP) is 3.49. The molecule has 0 atom stereocenters. The van der Waals surface area contributed by atoms with Crippen LogP contribution in [-0.4, -0.2) is 11.7 Å². The van der Waals surface area contributed by atoms with Gasteiger partial charge >= 0.3 is 0 Å². The van der Waals surface area contributed by atoms with Crippen LogP contribution in [0.4, 0.5) is 5.69 Å². The fraction of sp³-hybridized carbons (Fsp3) is 0.267. The number of para-hydroxylation sites is 1. The molecule has 3 nitrogen and oxygen atoms in total. The summed E-state index contributed by atoms with van der Waals surface area (Å²) in [6.07, 6.45) is 1.67. The maximum Gasteiger partial charge on any atom is 0.173 e. The molecule has 100 valence electrons. The molecule has 0 fully saturated rings.